The second-order valence-electron chi connectivity index (χ2n) is 5.27. The van der Waals surface area contributed by atoms with Crippen molar-refractivity contribution in [1.82, 2.24) is 4.98 Å². The van der Waals surface area contributed by atoms with Gasteiger partial charge in [-0.05, 0) is 17.0 Å². The van der Waals surface area contributed by atoms with E-state index in [4.69, 9.17) is 5.73 Å². The van der Waals surface area contributed by atoms with E-state index in [2.05, 4.69) is 44.0 Å². The summed E-state index contributed by atoms with van der Waals surface area (Å²) in [5, 5.41) is 1.15. The topological polar surface area (TPSA) is 38.9 Å². The maximum atomic E-state index is 6.30. The molecule has 0 aliphatic heterocycles. The van der Waals surface area contributed by atoms with Gasteiger partial charge in [-0.3, -0.25) is 4.98 Å². The van der Waals surface area contributed by atoms with Crippen LogP contribution < -0.4 is 5.73 Å². The van der Waals surface area contributed by atoms with E-state index < -0.39 is 0 Å². The van der Waals surface area contributed by atoms with Crippen molar-refractivity contribution in [3.8, 4) is 0 Å². The Morgan fingerprint density at radius 1 is 1.12 bits per heavy atom. The van der Waals surface area contributed by atoms with E-state index in [1.54, 1.807) is 0 Å². The molecule has 0 radical (unpaired) electrons. The Morgan fingerprint density at radius 2 is 1.81 bits per heavy atom. The molecule has 1 heterocycles. The van der Waals surface area contributed by atoms with E-state index >= 15 is 0 Å². The van der Waals surface area contributed by atoms with Crippen LogP contribution in [0.1, 0.15) is 32.4 Å². The van der Waals surface area contributed by atoms with Crippen molar-refractivity contribution >= 4 is 10.9 Å². The number of benzene rings is 1. The highest BCUT2D eigenvalue weighted by atomic mass is 14.7. The van der Waals surface area contributed by atoms with Crippen LogP contribution in [0.25, 0.3) is 10.9 Å². The fourth-order valence-corrected chi connectivity index (χ4v) is 1.85. The monoisotopic (exact) mass is 214 g/mol. The highest BCUT2D eigenvalue weighted by Gasteiger charge is 2.23. The molecule has 1 atom stereocenters. The molecule has 2 nitrogen and oxygen atoms in total. The van der Waals surface area contributed by atoms with E-state index in [1.807, 2.05) is 18.3 Å². The summed E-state index contributed by atoms with van der Waals surface area (Å²) in [5.74, 6) is 0. The number of hydrogen-bond donors (Lipinski definition) is 1. The first-order valence-electron chi connectivity index (χ1n) is 5.59. The predicted octanol–water partition coefficient (Wildman–Crippen LogP) is 3.28. The SMILES string of the molecule is CC(C)(C)C(N)c1cccc2cccnc12. The summed E-state index contributed by atoms with van der Waals surface area (Å²) in [4.78, 5) is 4.44. The molecule has 2 heteroatoms. The van der Waals surface area contributed by atoms with Crippen molar-refractivity contribution < 1.29 is 0 Å². The van der Waals surface area contributed by atoms with Gasteiger partial charge in [-0.1, -0.05) is 45.0 Å². The van der Waals surface area contributed by atoms with E-state index in [9.17, 15) is 0 Å². The van der Waals surface area contributed by atoms with Crippen LogP contribution in [0.2, 0.25) is 0 Å². The Labute approximate surface area is 96.5 Å². The molecule has 0 aliphatic carbocycles. The van der Waals surface area contributed by atoms with Gasteiger partial charge in [-0.15, -0.1) is 0 Å². The van der Waals surface area contributed by atoms with Crippen molar-refractivity contribution in [3.05, 3.63) is 42.1 Å². The molecule has 2 N–H and O–H groups in total. The molecule has 0 saturated carbocycles. The average molecular weight is 214 g/mol. The van der Waals surface area contributed by atoms with Gasteiger partial charge in [0, 0.05) is 17.6 Å². The molecule has 0 fully saturated rings. The molecule has 0 saturated heterocycles. The van der Waals surface area contributed by atoms with Crippen LogP contribution >= 0.6 is 0 Å². The van der Waals surface area contributed by atoms with Crippen LogP contribution in [0.3, 0.4) is 0 Å². The lowest BCUT2D eigenvalue weighted by Crippen LogP contribution is -2.26. The Morgan fingerprint density at radius 3 is 2.50 bits per heavy atom. The molecule has 1 unspecified atom stereocenters. The van der Waals surface area contributed by atoms with Gasteiger partial charge in [0.15, 0.2) is 0 Å². The van der Waals surface area contributed by atoms with Gasteiger partial charge in [0.25, 0.3) is 0 Å². The minimum Gasteiger partial charge on any atom is -0.323 e. The molecule has 0 spiro atoms. The number of fused-ring (bicyclic) bond motifs is 1. The van der Waals surface area contributed by atoms with Gasteiger partial charge in [-0.2, -0.15) is 0 Å². The van der Waals surface area contributed by atoms with Crippen molar-refractivity contribution in [2.75, 3.05) is 0 Å². The maximum absolute atomic E-state index is 6.30. The molecule has 0 aliphatic rings. The first-order chi connectivity index (χ1) is 7.50. The minimum atomic E-state index is 0.00565. The van der Waals surface area contributed by atoms with Crippen molar-refractivity contribution in [3.63, 3.8) is 0 Å². The Kier molecular flexibility index (Phi) is 2.68. The molecular weight excluding hydrogens is 196 g/mol. The Balaban J connectivity index is 2.61. The molecule has 1 aromatic heterocycles. The number of pyridine rings is 1. The highest BCUT2D eigenvalue weighted by Crippen LogP contribution is 2.33. The third kappa shape index (κ3) is 1.93. The van der Waals surface area contributed by atoms with Crippen molar-refractivity contribution in [1.29, 1.82) is 0 Å². The van der Waals surface area contributed by atoms with Crippen molar-refractivity contribution in [2.45, 2.75) is 26.8 Å². The predicted molar refractivity (Wildman–Crippen MR) is 68.1 cm³/mol. The van der Waals surface area contributed by atoms with E-state index in [-0.39, 0.29) is 11.5 Å². The highest BCUT2D eigenvalue weighted by molar-refractivity contribution is 5.82. The fourth-order valence-electron chi connectivity index (χ4n) is 1.85. The van der Waals surface area contributed by atoms with E-state index in [0.29, 0.717) is 0 Å². The second-order valence-corrected chi connectivity index (χ2v) is 5.27. The lowest BCUT2D eigenvalue weighted by atomic mass is 9.82. The summed E-state index contributed by atoms with van der Waals surface area (Å²) in [6, 6.07) is 10.2. The summed E-state index contributed by atoms with van der Waals surface area (Å²) < 4.78 is 0. The largest absolute Gasteiger partial charge is 0.323 e. The average Bonchev–Trinajstić information content (AvgIpc) is 2.26. The summed E-state index contributed by atoms with van der Waals surface area (Å²) in [5.41, 5.74) is 8.50. The first-order valence-corrected chi connectivity index (χ1v) is 5.59. The van der Waals surface area contributed by atoms with Crippen LogP contribution in [0.15, 0.2) is 36.5 Å². The molecule has 0 amide bonds. The summed E-state index contributed by atoms with van der Waals surface area (Å²) >= 11 is 0. The third-order valence-electron chi connectivity index (χ3n) is 2.93. The molecule has 84 valence electrons. The smallest absolute Gasteiger partial charge is 0.0749 e. The van der Waals surface area contributed by atoms with Gasteiger partial charge < -0.3 is 5.73 Å². The number of nitrogens with zero attached hydrogens (tertiary/aromatic N) is 1. The number of aromatic nitrogens is 1. The fraction of sp³-hybridized carbons (Fsp3) is 0.357. The number of rotatable bonds is 1. The minimum absolute atomic E-state index is 0.00565. The normalized spacial score (nSPS) is 14.0. The molecule has 0 bridgehead atoms. The zero-order valence-electron chi connectivity index (χ0n) is 10.1. The third-order valence-corrected chi connectivity index (χ3v) is 2.93. The Hall–Kier alpha value is -1.41. The molecular formula is C14H18N2. The van der Waals surface area contributed by atoms with Crippen LogP contribution in [-0.4, -0.2) is 4.98 Å². The molecule has 2 aromatic rings. The Bertz CT molecular complexity index is 492. The van der Waals surface area contributed by atoms with Crippen molar-refractivity contribution in [2.24, 2.45) is 11.1 Å². The standard InChI is InChI=1S/C14H18N2/c1-14(2,3)13(15)11-8-4-6-10-7-5-9-16-12(10)11/h4-9,13H,15H2,1-3H3. The molecule has 16 heavy (non-hydrogen) atoms. The van der Waals surface area contributed by atoms with Crippen LogP contribution in [0, 0.1) is 5.41 Å². The van der Waals surface area contributed by atoms with Gasteiger partial charge in [0.05, 0.1) is 5.52 Å². The second kappa shape index (κ2) is 3.87. The lowest BCUT2D eigenvalue weighted by molar-refractivity contribution is 0.328. The zero-order chi connectivity index (χ0) is 11.8. The van der Waals surface area contributed by atoms with E-state index in [0.717, 1.165) is 16.5 Å². The summed E-state index contributed by atoms with van der Waals surface area (Å²) in [6.45, 7) is 6.46. The summed E-state index contributed by atoms with van der Waals surface area (Å²) in [6.07, 6.45) is 1.82. The number of para-hydroxylation sites is 1. The quantitative estimate of drug-likeness (QED) is 0.791. The first kappa shape index (κ1) is 11.1. The molecule has 1 aromatic carbocycles. The van der Waals surface area contributed by atoms with Gasteiger partial charge in [-0.25, -0.2) is 0 Å². The molecule has 2 rings (SSSR count). The van der Waals surface area contributed by atoms with Crippen LogP contribution in [0.4, 0.5) is 0 Å². The summed E-state index contributed by atoms with van der Waals surface area (Å²) in [7, 11) is 0. The lowest BCUT2D eigenvalue weighted by Gasteiger charge is -2.27. The van der Waals surface area contributed by atoms with Crippen LogP contribution in [0.5, 0.6) is 0 Å². The van der Waals surface area contributed by atoms with Crippen LogP contribution in [-0.2, 0) is 0 Å². The number of nitrogens with two attached hydrogens (primary N) is 1. The van der Waals surface area contributed by atoms with E-state index in [1.165, 1.54) is 0 Å². The zero-order valence-corrected chi connectivity index (χ0v) is 10.1. The number of hydrogen-bond acceptors (Lipinski definition) is 2. The van der Waals surface area contributed by atoms with Gasteiger partial charge in [0.1, 0.15) is 0 Å². The maximum Gasteiger partial charge on any atom is 0.0749 e. The van der Waals surface area contributed by atoms with Gasteiger partial charge in [0.2, 0.25) is 0 Å². The van der Waals surface area contributed by atoms with Gasteiger partial charge >= 0.3 is 0 Å².